The zero-order valence-electron chi connectivity index (χ0n) is 35.3. The molecule has 0 aliphatic rings. The molecule has 6 aromatic rings. The van der Waals surface area contributed by atoms with Gasteiger partial charge in [-0.05, 0) is 93.1 Å². The molecule has 6 rings (SSSR count). The highest BCUT2D eigenvalue weighted by Gasteiger charge is 2.27. The molecular formula is C50H61N3O5. The van der Waals surface area contributed by atoms with Gasteiger partial charge in [-0.15, -0.1) is 15.0 Å². The molecule has 306 valence electrons. The van der Waals surface area contributed by atoms with E-state index in [1.165, 1.54) is 56.2 Å². The number of aromatic hydroxyl groups is 2. The van der Waals surface area contributed by atoms with Crippen LogP contribution in [-0.2, 0) is 4.74 Å². The van der Waals surface area contributed by atoms with Crippen LogP contribution in [0.1, 0.15) is 98.9 Å². The molecule has 0 saturated carbocycles. The number of aliphatic hydroxyl groups excluding tert-OH is 1. The van der Waals surface area contributed by atoms with Crippen LogP contribution < -0.4 is 4.74 Å². The molecule has 58 heavy (non-hydrogen) atoms. The monoisotopic (exact) mass is 783 g/mol. The highest BCUT2D eigenvalue weighted by atomic mass is 16.5. The van der Waals surface area contributed by atoms with Crippen molar-refractivity contribution in [2.45, 2.75) is 112 Å². The third kappa shape index (κ3) is 10.3. The second-order valence-corrected chi connectivity index (χ2v) is 16.0. The number of hydrogen-bond donors (Lipinski definition) is 3. The van der Waals surface area contributed by atoms with Gasteiger partial charge < -0.3 is 24.8 Å². The molecule has 0 amide bonds. The third-order valence-corrected chi connectivity index (χ3v) is 11.0. The van der Waals surface area contributed by atoms with Gasteiger partial charge in [0.2, 0.25) is 0 Å². The van der Waals surface area contributed by atoms with Crippen molar-refractivity contribution in [1.29, 1.82) is 0 Å². The maximum atomic E-state index is 12.5. The summed E-state index contributed by atoms with van der Waals surface area (Å²) >= 11 is 0. The molecule has 0 radical (unpaired) electrons. The van der Waals surface area contributed by atoms with Gasteiger partial charge in [0.15, 0.2) is 0 Å². The van der Waals surface area contributed by atoms with E-state index in [0.717, 1.165) is 57.3 Å². The van der Waals surface area contributed by atoms with Gasteiger partial charge in [-0.25, -0.2) is 0 Å². The van der Waals surface area contributed by atoms with Gasteiger partial charge in [-0.2, -0.15) is 0 Å². The van der Waals surface area contributed by atoms with Crippen molar-refractivity contribution in [2.24, 2.45) is 0 Å². The Balaban J connectivity index is 1.33. The van der Waals surface area contributed by atoms with Gasteiger partial charge in [-0.1, -0.05) is 130 Å². The molecule has 8 nitrogen and oxygen atoms in total. The first-order valence-corrected chi connectivity index (χ1v) is 21.2. The first-order chi connectivity index (χ1) is 28.0. The highest BCUT2D eigenvalue weighted by molar-refractivity contribution is 6.00. The van der Waals surface area contributed by atoms with Crippen molar-refractivity contribution < 1.29 is 24.8 Å². The van der Waals surface area contributed by atoms with Crippen LogP contribution in [0.5, 0.6) is 17.2 Å². The predicted molar refractivity (Wildman–Crippen MR) is 236 cm³/mol. The number of hydrogen-bond acceptors (Lipinski definition) is 7. The fraction of sp³-hybridized carbons (Fsp3) is 0.400. The Kier molecular flexibility index (Phi) is 14.6. The topological polar surface area (TPSA) is 110 Å². The summed E-state index contributed by atoms with van der Waals surface area (Å²) in [6.07, 6.45) is 11.7. The van der Waals surface area contributed by atoms with Gasteiger partial charge in [0.25, 0.3) is 0 Å². The maximum absolute atomic E-state index is 12.5. The maximum Gasteiger partial charge on any atom is 0.143 e. The number of benzene rings is 5. The summed E-state index contributed by atoms with van der Waals surface area (Å²) in [6, 6.07) is 25.4. The van der Waals surface area contributed by atoms with Crippen LogP contribution in [0.15, 0.2) is 78.9 Å². The van der Waals surface area contributed by atoms with Gasteiger partial charge >= 0.3 is 0 Å². The van der Waals surface area contributed by atoms with E-state index in [-0.39, 0.29) is 24.7 Å². The molecule has 5 aromatic carbocycles. The summed E-state index contributed by atoms with van der Waals surface area (Å²) in [5, 5.41) is 44.1. The van der Waals surface area contributed by atoms with Crippen molar-refractivity contribution in [3.63, 3.8) is 0 Å². The van der Waals surface area contributed by atoms with Crippen molar-refractivity contribution in [3.8, 4) is 56.3 Å². The van der Waals surface area contributed by atoms with Crippen molar-refractivity contribution in [2.75, 3.05) is 19.8 Å². The number of aromatic nitrogens is 3. The summed E-state index contributed by atoms with van der Waals surface area (Å²) in [5.74, 6) is 0.578. The zero-order chi connectivity index (χ0) is 41.2. The van der Waals surface area contributed by atoms with Crippen LogP contribution in [0.4, 0.5) is 0 Å². The Labute approximate surface area is 344 Å². The largest absolute Gasteiger partial charge is 0.507 e. The molecule has 1 heterocycles. The van der Waals surface area contributed by atoms with E-state index in [9.17, 15) is 15.3 Å². The van der Waals surface area contributed by atoms with Gasteiger partial charge in [0, 0.05) is 23.3 Å². The lowest BCUT2D eigenvalue weighted by Crippen LogP contribution is -2.24. The van der Waals surface area contributed by atoms with Crippen molar-refractivity contribution >= 4 is 11.0 Å². The minimum absolute atomic E-state index is 0.0173. The average molecular weight is 784 g/mol. The number of phenolic OH excluding ortho intramolecular Hbond substituents is 2. The molecular weight excluding hydrogens is 723 g/mol. The number of fused-ring (bicyclic) bond motifs is 1. The number of ether oxygens (including phenoxy) is 2. The second-order valence-electron chi connectivity index (χ2n) is 16.0. The number of aryl methyl sites for hydroxylation is 5. The van der Waals surface area contributed by atoms with Gasteiger partial charge in [-0.3, -0.25) is 0 Å². The average Bonchev–Trinajstić information content (AvgIpc) is 3.64. The Morgan fingerprint density at radius 2 is 1.22 bits per heavy atom. The molecule has 8 heteroatoms. The summed E-state index contributed by atoms with van der Waals surface area (Å²) in [6.45, 7) is 13.2. The van der Waals surface area contributed by atoms with E-state index < -0.39 is 6.10 Å². The number of aliphatic hydroxyl groups is 1. The predicted octanol–water partition coefficient (Wildman–Crippen LogP) is 12.1. The zero-order valence-corrected chi connectivity index (χ0v) is 35.3. The fourth-order valence-electron chi connectivity index (χ4n) is 7.86. The fourth-order valence-corrected chi connectivity index (χ4v) is 7.86. The molecule has 0 aliphatic heterocycles. The summed E-state index contributed by atoms with van der Waals surface area (Å²) in [7, 11) is 0. The van der Waals surface area contributed by atoms with E-state index in [1.807, 2.05) is 69.3 Å². The molecule has 1 unspecified atom stereocenters. The van der Waals surface area contributed by atoms with Gasteiger partial charge in [0.05, 0.1) is 12.2 Å². The number of phenols is 2. The van der Waals surface area contributed by atoms with E-state index in [0.29, 0.717) is 45.8 Å². The highest BCUT2D eigenvalue weighted by Crippen LogP contribution is 2.52. The minimum atomic E-state index is -0.870. The third-order valence-electron chi connectivity index (χ3n) is 11.0. The summed E-state index contributed by atoms with van der Waals surface area (Å²) < 4.78 is 12.6. The first-order valence-electron chi connectivity index (χ1n) is 21.2. The van der Waals surface area contributed by atoms with Crippen molar-refractivity contribution in [3.05, 3.63) is 107 Å². The molecule has 0 aliphatic carbocycles. The molecule has 0 spiro atoms. The molecule has 3 N–H and O–H groups in total. The lowest BCUT2D eigenvalue weighted by Gasteiger charge is -2.23. The van der Waals surface area contributed by atoms with Crippen LogP contribution >= 0.6 is 0 Å². The summed E-state index contributed by atoms with van der Waals surface area (Å²) in [5.41, 5.74) is 11.2. The number of rotatable bonds is 20. The Morgan fingerprint density at radius 3 is 1.90 bits per heavy atom. The Bertz CT molecular complexity index is 2310. The normalized spacial score (nSPS) is 12.1. The van der Waals surface area contributed by atoms with E-state index in [4.69, 9.17) is 19.7 Å². The molecule has 0 bridgehead atoms. The first kappa shape index (κ1) is 42.4. The van der Waals surface area contributed by atoms with Crippen LogP contribution in [0.25, 0.3) is 50.1 Å². The summed E-state index contributed by atoms with van der Waals surface area (Å²) in [4.78, 5) is 1.45. The lowest BCUT2D eigenvalue weighted by atomic mass is 9.87. The van der Waals surface area contributed by atoms with Crippen LogP contribution in [0, 0.1) is 34.6 Å². The van der Waals surface area contributed by atoms with Crippen LogP contribution in [0.3, 0.4) is 0 Å². The molecule has 1 aromatic heterocycles. The smallest absolute Gasteiger partial charge is 0.143 e. The van der Waals surface area contributed by atoms with Gasteiger partial charge in [0.1, 0.15) is 46.7 Å². The number of nitrogens with zero attached hydrogens (tertiary/aromatic N) is 3. The molecule has 0 saturated heterocycles. The molecule has 1 atom stereocenters. The SMILES string of the molecule is CCCCCCCCCCCCOCC(O)COc1c(-c2ccc(C)cc2C)cc(-c2cccc3nn(-c4cc(C)ccc4O)nc23)c(O)c1-c1ccc(C)cc1C. The van der Waals surface area contributed by atoms with Crippen LogP contribution in [0.2, 0.25) is 0 Å². The van der Waals surface area contributed by atoms with E-state index in [1.54, 1.807) is 6.07 Å². The Morgan fingerprint density at radius 1 is 0.603 bits per heavy atom. The quantitative estimate of drug-likeness (QED) is 0.0661. The van der Waals surface area contributed by atoms with Crippen LogP contribution in [-0.4, -0.2) is 56.2 Å². The van der Waals surface area contributed by atoms with E-state index >= 15 is 0 Å². The number of unbranched alkanes of at least 4 members (excludes halogenated alkanes) is 9. The van der Waals surface area contributed by atoms with Crippen molar-refractivity contribution in [1.82, 2.24) is 15.0 Å². The Hall–Kier alpha value is -5.18. The molecule has 0 fully saturated rings. The standard InChI is InChI=1S/C50H61N3O5/c1-7-8-9-10-11-12-13-14-15-16-26-57-31-38(54)32-58-50-43(39-23-20-33(2)27-36(39)5)30-42(49(56)47(50)40-24-21-34(3)28-37(40)6)41-18-17-19-44-48(41)52-53(51-44)45-29-35(4)22-25-46(45)55/h17-25,27-30,38,54-56H,7-16,26,31-32H2,1-6H3. The second kappa shape index (κ2) is 20.0. The van der Waals surface area contributed by atoms with E-state index in [2.05, 4.69) is 45.0 Å². The lowest BCUT2D eigenvalue weighted by molar-refractivity contribution is 0.0111. The minimum Gasteiger partial charge on any atom is -0.507 e.